The standard InChI is InChI=1S/C18H24O4/c1-9(19)13-15(17(21)11-5-3-6-11)14(10(2)20)16(13)18(22)12-7-4-8-12/h11-16H,3-8H2,1-2H3. The van der Waals surface area contributed by atoms with Crippen molar-refractivity contribution in [1.29, 1.82) is 0 Å². The van der Waals surface area contributed by atoms with Crippen molar-refractivity contribution >= 4 is 23.1 Å². The van der Waals surface area contributed by atoms with Crippen molar-refractivity contribution in [3.05, 3.63) is 0 Å². The highest BCUT2D eigenvalue weighted by molar-refractivity contribution is 6.04. The van der Waals surface area contributed by atoms with Crippen molar-refractivity contribution in [1.82, 2.24) is 0 Å². The monoisotopic (exact) mass is 304 g/mol. The van der Waals surface area contributed by atoms with Crippen LogP contribution >= 0.6 is 0 Å². The minimum atomic E-state index is -0.546. The van der Waals surface area contributed by atoms with Crippen LogP contribution in [0.2, 0.25) is 0 Å². The SMILES string of the molecule is CC(=O)C1C(C(=O)C2CCC2)C(C(C)=O)C1C(=O)C1CCC1. The van der Waals surface area contributed by atoms with E-state index in [1.54, 1.807) is 0 Å². The lowest BCUT2D eigenvalue weighted by Gasteiger charge is -2.51. The molecule has 0 aromatic heterocycles. The third kappa shape index (κ3) is 2.27. The quantitative estimate of drug-likeness (QED) is 0.755. The Morgan fingerprint density at radius 2 is 0.909 bits per heavy atom. The molecule has 0 saturated heterocycles. The van der Waals surface area contributed by atoms with Gasteiger partial charge in [-0.05, 0) is 39.5 Å². The summed E-state index contributed by atoms with van der Waals surface area (Å²) < 4.78 is 0. The van der Waals surface area contributed by atoms with Crippen molar-refractivity contribution in [2.24, 2.45) is 35.5 Å². The number of carbonyl (C=O) groups is 4. The summed E-state index contributed by atoms with van der Waals surface area (Å²) in [5, 5.41) is 0. The fourth-order valence-corrected chi connectivity index (χ4v) is 4.40. The summed E-state index contributed by atoms with van der Waals surface area (Å²) >= 11 is 0. The Bertz CT molecular complexity index is 471. The third-order valence-corrected chi connectivity index (χ3v) is 6.16. The van der Waals surface area contributed by atoms with Gasteiger partial charge < -0.3 is 0 Å². The Kier molecular flexibility index (Phi) is 4.04. The van der Waals surface area contributed by atoms with E-state index < -0.39 is 23.7 Å². The van der Waals surface area contributed by atoms with Gasteiger partial charge in [-0.3, -0.25) is 19.2 Å². The minimum Gasteiger partial charge on any atom is -0.300 e. The van der Waals surface area contributed by atoms with E-state index in [-0.39, 0.29) is 35.0 Å². The van der Waals surface area contributed by atoms with E-state index in [2.05, 4.69) is 0 Å². The molecule has 3 rings (SSSR count). The van der Waals surface area contributed by atoms with Crippen LogP contribution in [0.25, 0.3) is 0 Å². The molecule has 3 aliphatic carbocycles. The van der Waals surface area contributed by atoms with Crippen LogP contribution in [0, 0.1) is 35.5 Å². The summed E-state index contributed by atoms with van der Waals surface area (Å²) in [6.07, 6.45) is 5.56. The molecule has 3 aliphatic rings. The molecule has 0 atom stereocenters. The van der Waals surface area contributed by atoms with Gasteiger partial charge in [0.2, 0.25) is 0 Å². The predicted molar refractivity (Wildman–Crippen MR) is 80.0 cm³/mol. The summed E-state index contributed by atoms with van der Waals surface area (Å²) in [7, 11) is 0. The first-order valence-corrected chi connectivity index (χ1v) is 8.51. The van der Waals surface area contributed by atoms with Crippen LogP contribution in [0.3, 0.4) is 0 Å². The number of rotatable bonds is 6. The van der Waals surface area contributed by atoms with Gasteiger partial charge in [-0.2, -0.15) is 0 Å². The molecule has 0 N–H and O–H groups in total. The van der Waals surface area contributed by atoms with Crippen LogP contribution in [-0.4, -0.2) is 23.1 Å². The van der Waals surface area contributed by atoms with Gasteiger partial charge in [0.25, 0.3) is 0 Å². The molecule has 120 valence electrons. The van der Waals surface area contributed by atoms with E-state index in [0.29, 0.717) is 0 Å². The molecule has 3 saturated carbocycles. The average molecular weight is 304 g/mol. The van der Waals surface area contributed by atoms with Crippen LogP contribution in [0.5, 0.6) is 0 Å². The third-order valence-electron chi connectivity index (χ3n) is 6.16. The highest BCUT2D eigenvalue weighted by atomic mass is 16.2. The lowest BCUT2D eigenvalue weighted by Crippen LogP contribution is -2.61. The molecular weight excluding hydrogens is 280 g/mol. The van der Waals surface area contributed by atoms with Crippen LogP contribution in [0.4, 0.5) is 0 Å². The lowest BCUT2D eigenvalue weighted by atomic mass is 9.48. The topological polar surface area (TPSA) is 68.3 Å². The fraction of sp³-hybridized carbons (Fsp3) is 0.778. The summed E-state index contributed by atoms with van der Waals surface area (Å²) in [5.74, 6) is -2.23. The normalized spacial score (nSPS) is 35.0. The Morgan fingerprint density at radius 3 is 1.09 bits per heavy atom. The van der Waals surface area contributed by atoms with Crippen LogP contribution in [-0.2, 0) is 19.2 Å². The molecule has 0 amide bonds. The summed E-state index contributed by atoms with van der Waals surface area (Å²) in [4.78, 5) is 49.4. The van der Waals surface area contributed by atoms with E-state index in [9.17, 15) is 19.2 Å². The van der Waals surface area contributed by atoms with E-state index in [0.717, 1.165) is 38.5 Å². The Labute approximate surface area is 131 Å². The van der Waals surface area contributed by atoms with Crippen molar-refractivity contribution < 1.29 is 19.2 Å². The van der Waals surface area contributed by atoms with Crippen molar-refractivity contribution in [2.75, 3.05) is 0 Å². The smallest absolute Gasteiger partial charge is 0.140 e. The Morgan fingerprint density at radius 1 is 0.591 bits per heavy atom. The zero-order valence-electron chi connectivity index (χ0n) is 13.3. The molecule has 3 fully saturated rings. The van der Waals surface area contributed by atoms with Crippen LogP contribution < -0.4 is 0 Å². The first-order valence-electron chi connectivity index (χ1n) is 8.51. The number of Topliss-reactive ketones (excluding diaryl/α,β-unsaturated/α-hetero) is 4. The maximum Gasteiger partial charge on any atom is 0.140 e. The van der Waals surface area contributed by atoms with Gasteiger partial charge in [0, 0.05) is 35.5 Å². The molecule has 0 unspecified atom stereocenters. The van der Waals surface area contributed by atoms with Gasteiger partial charge in [0.05, 0.1) is 0 Å². The number of carbonyl (C=O) groups excluding carboxylic acids is 4. The summed E-state index contributed by atoms with van der Waals surface area (Å²) in [5.41, 5.74) is 0. The molecule has 4 nitrogen and oxygen atoms in total. The van der Waals surface area contributed by atoms with Crippen LogP contribution in [0.15, 0.2) is 0 Å². The highest BCUT2D eigenvalue weighted by Crippen LogP contribution is 2.52. The second kappa shape index (κ2) is 5.71. The van der Waals surface area contributed by atoms with Gasteiger partial charge in [-0.15, -0.1) is 0 Å². The molecule has 0 radical (unpaired) electrons. The van der Waals surface area contributed by atoms with Gasteiger partial charge in [0.15, 0.2) is 0 Å². The molecule has 0 aromatic rings. The van der Waals surface area contributed by atoms with Gasteiger partial charge in [0.1, 0.15) is 23.1 Å². The number of ketones is 4. The van der Waals surface area contributed by atoms with Crippen molar-refractivity contribution in [3.63, 3.8) is 0 Å². The zero-order valence-corrected chi connectivity index (χ0v) is 13.3. The van der Waals surface area contributed by atoms with E-state index >= 15 is 0 Å². The molecule has 0 aromatic carbocycles. The Hall–Kier alpha value is -1.32. The lowest BCUT2D eigenvalue weighted by molar-refractivity contribution is -0.167. The zero-order chi connectivity index (χ0) is 16.0. The number of hydrogen-bond acceptors (Lipinski definition) is 4. The van der Waals surface area contributed by atoms with Crippen molar-refractivity contribution in [3.8, 4) is 0 Å². The average Bonchev–Trinajstić information content (AvgIpc) is 2.20. The first kappa shape index (κ1) is 15.6. The Balaban J connectivity index is 1.84. The van der Waals surface area contributed by atoms with Crippen LogP contribution in [0.1, 0.15) is 52.4 Å². The predicted octanol–water partition coefficient (Wildman–Crippen LogP) is 2.38. The molecule has 22 heavy (non-hydrogen) atoms. The first-order chi connectivity index (χ1) is 10.4. The van der Waals surface area contributed by atoms with Gasteiger partial charge in [-0.25, -0.2) is 0 Å². The van der Waals surface area contributed by atoms with E-state index in [1.807, 2.05) is 0 Å². The fourth-order valence-electron chi connectivity index (χ4n) is 4.40. The van der Waals surface area contributed by atoms with E-state index in [1.165, 1.54) is 13.8 Å². The molecule has 0 heterocycles. The van der Waals surface area contributed by atoms with E-state index in [4.69, 9.17) is 0 Å². The molecule has 0 bridgehead atoms. The molecule has 0 aliphatic heterocycles. The van der Waals surface area contributed by atoms with Crippen molar-refractivity contribution in [2.45, 2.75) is 52.4 Å². The molecule has 4 heteroatoms. The molecule has 0 spiro atoms. The molecular formula is C18H24O4. The van der Waals surface area contributed by atoms with Gasteiger partial charge in [-0.1, -0.05) is 12.8 Å². The second-order valence-corrected chi connectivity index (χ2v) is 7.38. The second-order valence-electron chi connectivity index (χ2n) is 7.38. The van der Waals surface area contributed by atoms with Gasteiger partial charge >= 0.3 is 0 Å². The highest BCUT2D eigenvalue weighted by Gasteiger charge is 2.62. The maximum absolute atomic E-state index is 12.6. The summed E-state index contributed by atoms with van der Waals surface area (Å²) in [6, 6.07) is 0. The minimum absolute atomic E-state index is 0.00783. The summed E-state index contributed by atoms with van der Waals surface area (Å²) in [6.45, 7) is 2.92. The number of hydrogen-bond donors (Lipinski definition) is 0. The maximum atomic E-state index is 12.6. The largest absolute Gasteiger partial charge is 0.300 e.